The lowest BCUT2D eigenvalue weighted by Crippen LogP contribution is -2.28. The van der Waals surface area contributed by atoms with E-state index in [2.05, 4.69) is 11.8 Å². The van der Waals surface area contributed by atoms with Crippen LogP contribution in [0.5, 0.6) is 0 Å². The lowest BCUT2D eigenvalue weighted by atomic mass is 10.1. The van der Waals surface area contributed by atoms with Crippen LogP contribution in [0, 0.1) is 10.1 Å². The Labute approximate surface area is 131 Å². The average molecular weight is 307 g/mol. The molecule has 0 aliphatic heterocycles. The largest absolute Gasteiger partial charge is 0.370 e. The van der Waals surface area contributed by atoms with Crippen molar-refractivity contribution in [1.29, 1.82) is 0 Å². The molecule has 6 nitrogen and oxygen atoms in total. The standard InChI is InChI=1S/C16H25N3O3/c1-2-11-18(12-4-3-5-16(17)20)13-10-14-6-8-15(9-7-14)19(21)22/h6-9H,2-5,10-13H2,1H3,(H2,17,20). The van der Waals surface area contributed by atoms with Gasteiger partial charge in [-0.2, -0.15) is 0 Å². The van der Waals surface area contributed by atoms with Crippen LogP contribution in [0.2, 0.25) is 0 Å². The zero-order valence-corrected chi connectivity index (χ0v) is 13.2. The van der Waals surface area contributed by atoms with Gasteiger partial charge in [0.15, 0.2) is 0 Å². The molecular formula is C16H25N3O3. The molecule has 6 heteroatoms. The molecule has 22 heavy (non-hydrogen) atoms. The molecular weight excluding hydrogens is 282 g/mol. The van der Waals surface area contributed by atoms with Gasteiger partial charge in [-0.1, -0.05) is 19.1 Å². The summed E-state index contributed by atoms with van der Waals surface area (Å²) < 4.78 is 0. The second-order valence-electron chi connectivity index (χ2n) is 5.44. The van der Waals surface area contributed by atoms with Gasteiger partial charge in [0.05, 0.1) is 4.92 Å². The van der Waals surface area contributed by atoms with Crippen LogP contribution in [0.25, 0.3) is 0 Å². The zero-order valence-electron chi connectivity index (χ0n) is 13.2. The molecule has 2 N–H and O–H groups in total. The zero-order chi connectivity index (χ0) is 16.4. The van der Waals surface area contributed by atoms with E-state index in [9.17, 15) is 14.9 Å². The number of non-ortho nitro benzene ring substituents is 1. The number of hydrogen-bond acceptors (Lipinski definition) is 4. The number of hydrogen-bond donors (Lipinski definition) is 1. The molecule has 0 aliphatic rings. The van der Waals surface area contributed by atoms with Gasteiger partial charge >= 0.3 is 0 Å². The number of amides is 1. The molecule has 0 fully saturated rings. The van der Waals surface area contributed by atoms with Gasteiger partial charge in [-0.3, -0.25) is 14.9 Å². The normalized spacial score (nSPS) is 10.8. The van der Waals surface area contributed by atoms with Crippen molar-refractivity contribution in [2.45, 2.75) is 39.0 Å². The fraction of sp³-hybridized carbons (Fsp3) is 0.562. The highest BCUT2D eigenvalue weighted by molar-refractivity contribution is 5.73. The van der Waals surface area contributed by atoms with Crippen molar-refractivity contribution in [2.24, 2.45) is 5.73 Å². The molecule has 0 aliphatic carbocycles. The first-order valence-electron chi connectivity index (χ1n) is 7.77. The molecule has 1 amide bonds. The first-order chi connectivity index (χ1) is 10.5. The summed E-state index contributed by atoms with van der Waals surface area (Å²) in [5.74, 6) is -0.243. The Bertz CT molecular complexity index is 474. The molecule has 1 rings (SSSR count). The van der Waals surface area contributed by atoms with Crippen LogP contribution >= 0.6 is 0 Å². The molecule has 0 saturated heterocycles. The van der Waals surface area contributed by atoms with Gasteiger partial charge in [0.2, 0.25) is 5.91 Å². The molecule has 1 aromatic carbocycles. The fourth-order valence-corrected chi connectivity index (χ4v) is 2.36. The number of rotatable bonds is 11. The van der Waals surface area contributed by atoms with E-state index >= 15 is 0 Å². The van der Waals surface area contributed by atoms with E-state index in [4.69, 9.17) is 5.73 Å². The van der Waals surface area contributed by atoms with Crippen molar-refractivity contribution in [3.05, 3.63) is 39.9 Å². The summed E-state index contributed by atoms with van der Waals surface area (Å²) in [6.45, 7) is 5.03. The number of carbonyl (C=O) groups excluding carboxylic acids is 1. The first-order valence-corrected chi connectivity index (χ1v) is 7.77. The molecule has 0 radical (unpaired) electrons. The average Bonchev–Trinajstić information content (AvgIpc) is 2.49. The molecule has 122 valence electrons. The van der Waals surface area contributed by atoms with Gasteiger partial charge < -0.3 is 10.6 Å². The van der Waals surface area contributed by atoms with Crippen molar-refractivity contribution < 1.29 is 9.72 Å². The minimum absolute atomic E-state index is 0.126. The van der Waals surface area contributed by atoms with Crippen molar-refractivity contribution in [1.82, 2.24) is 4.90 Å². The maximum Gasteiger partial charge on any atom is 0.269 e. The highest BCUT2D eigenvalue weighted by atomic mass is 16.6. The van der Waals surface area contributed by atoms with Crippen molar-refractivity contribution in [3.8, 4) is 0 Å². The summed E-state index contributed by atoms with van der Waals surface area (Å²) in [4.78, 5) is 23.3. The second kappa shape index (κ2) is 9.89. The van der Waals surface area contributed by atoms with Crippen LogP contribution in [-0.2, 0) is 11.2 Å². The van der Waals surface area contributed by atoms with Crippen LogP contribution in [0.3, 0.4) is 0 Å². The predicted octanol–water partition coefficient (Wildman–Crippen LogP) is 2.50. The minimum atomic E-state index is -0.383. The Morgan fingerprint density at radius 1 is 1.18 bits per heavy atom. The molecule has 1 aromatic rings. The molecule has 0 bridgehead atoms. The molecule has 0 atom stereocenters. The number of benzene rings is 1. The van der Waals surface area contributed by atoms with Gasteiger partial charge in [-0.25, -0.2) is 0 Å². The first kappa shape index (κ1) is 18.1. The molecule has 0 unspecified atom stereocenters. The quantitative estimate of drug-likeness (QED) is 0.386. The number of unbranched alkanes of at least 4 members (excludes halogenated alkanes) is 1. The summed E-state index contributed by atoms with van der Waals surface area (Å²) in [6.07, 6.45) is 4.18. The Hall–Kier alpha value is -1.95. The third-order valence-electron chi connectivity index (χ3n) is 3.55. The lowest BCUT2D eigenvalue weighted by Gasteiger charge is -2.21. The molecule has 0 saturated carbocycles. The highest BCUT2D eigenvalue weighted by Gasteiger charge is 2.07. The second-order valence-corrected chi connectivity index (χ2v) is 5.44. The summed E-state index contributed by atoms with van der Waals surface area (Å²) in [6, 6.07) is 6.73. The van der Waals surface area contributed by atoms with E-state index < -0.39 is 0 Å². The number of nitrogens with zero attached hydrogens (tertiary/aromatic N) is 2. The lowest BCUT2D eigenvalue weighted by molar-refractivity contribution is -0.384. The Morgan fingerprint density at radius 2 is 1.86 bits per heavy atom. The minimum Gasteiger partial charge on any atom is -0.370 e. The number of nitrogens with two attached hydrogens (primary N) is 1. The van der Waals surface area contributed by atoms with Crippen LogP contribution in [0.4, 0.5) is 5.69 Å². The smallest absolute Gasteiger partial charge is 0.269 e. The SMILES string of the molecule is CCCN(CCCCC(N)=O)CCc1ccc([N+](=O)[O-])cc1. The van der Waals surface area contributed by atoms with Crippen LogP contribution in [0.15, 0.2) is 24.3 Å². The summed E-state index contributed by atoms with van der Waals surface area (Å²) in [5, 5.41) is 10.6. The number of carbonyl (C=O) groups is 1. The van der Waals surface area contributed by atoms with Gasteiger partial charge in [0, 0.05) is 25.1 Å². The number of nitro benzene ring substituents is 1. The molecule has 0 heterocycles. The predicted molar refractivity (Wildman–Crippen MR) is 86.6 cm³/mol. The van der Waals surface area contributed by atoms with Crippen LogP contribution in [-0.4, -0.2) is 35.4 Å². The maximum atomic E-state index is 10.7. The monoisotopic (exact) mass is 307 g/mol. The van der Waals surface area contributed by atoms with Gasteiger partial charge in [0.25, 0.3) is 5.69 Å². The molecule has 0 spiro atoms. The van der Waals surface area contributed by atoms with Crippen molar-refractivity contribution >= 4 is 11.6 Å². The highest BCUT2D eigenvalue weighted by Crippen LogP contribution is 2.13. The van der Waals surface area contributed by atoms with E-state index in [0.717, 1.165) is 50.9 Å². The Kier molecular flexibility index (Phi) is 8.14. The van der Waals surface area contributed by atoms with Gasteiger partial charge in [0.1, 0.15) is 0 Å². The van der Waals surface area contributed by atoms with E-state index in [0.29, 0.717) is 6.42 Å². The summed E-state index contributed by atoms with van der Waals surface area (Å²) >= 11 is 0. The van der Waals surface area contributed by atoms with Crippen molar-refractivity contribution in [3.63, 3.8) is 0 Å². The summed E-state index contributed by atoms with van der Waals surface area (Å²) in [5.41, 5.74) is 6.36. The van der Waals surface area contributed by atoms with E-state index in [-0.39, 0.29) is 16.5 Å². The topological polar surface area (TPSA) is 89.5 Å². The van der Waals surface area contributed by atoms with E-state index in [1.54, 1.807) is 12.1 Å². The van der Waals surface area contributed by atoms with Gasteiger partial charge in [-0.05, 0) is 44.3 Å². The Balaban J connectivity index is 2.39. The summed E-state index contributed by atoms with van der Waals surface area (Å²) in [7, 11) is 0. The Morgan fingerprint density at radius 3 is 2.41 bits per heavy atom. The van der Waals surface area contributed by atoms with Crippen molar-refractivity contribution in [2.75, 3.05) is 19.6 Å². The third kappa shape index (κ3) is 7.17. The molecule has 0 aromatic heterocycles. The van der Waals surface area contributed by atoms with E-state index in [1.165, 1.54) is 0 Å². The third-order valence-corrected chi connectivity index (χ3v) is 3.55. The number of primary amides is 1. The van der Waals surface area contributed by atoms with Crippen LogP contribution in [0.1, 0.15) is 38.2 Å². The van der Waals surface area contributed by atoms with E-state index in [1.807, 2.05) is 12.1 Å². The fourth-order valence-electron chi connectivity index (χ4n) is 2.36. The number of nitro groups is 1. The van der Waals surface area contributed by atoms with Crippen LogP contribution < -0.4 is 5.73 Å². The maximum absolute atomic E-state index is 10.7. The van der Waals surface area contributed by atoms with Gasteiger partial charge in [-0.15, -0.1) is 0 Å².